The predicted molar refractivity (Wildman–Crippen MR) is 66.6 cm³/mol. The zero-order chi connectivity index (χ0) is 11.8. The summed E-state index contributed by atoms with van der Waals surface area (Å²) in [5.74, 6) is 0.912. The number of nitrogens with two attached hydrogens (primary N) is 1. The van der Waals surface area contributed by atoms with E-state index in [2.05, 4.69) is 10.0 Å². The highest BCUT2D eigenvalue weighted by Gasteiger charge is 2.30. The Morgan fingerprint density at radius 1 is 1.18 bits per heavy atom. The number of amides is 1. The number of amidine groups is 1. The fourth-order valence-corrected chi connectivity index (χ4v) is 1.98. The molecule has 0 saturated carbocycles. The third-order valence-corrected chi connectivity index (χ3v) is 3.12. The molecule has 5 nitrogen and oxygen atoms in total. The summed E-state index contributed by atoms with van der Waals surface area (Å²) < 4.78 is 0. The second kappa shape index (κ2) is 3.76. The molecule has 2 aliphatic rings. The van der Waals surface area contributed by atoms with E-state index in [1.165, 1.54) is 11.4 Å². The van der Waals surface area contributed by atoms with Gasteiger partial charge in [-0.3, -0.25) is 4.79 Å². The molecule has 0 radical (unpaired) electrons. The van der Waals surface area contributed by atoms with Crippen molar-refractivity contribution in [2.75, 3.05) is 23.8 Å². The Hall–Kier alpha value is -2.04. The lowest BCUT2D eigenvalue weighted by Crippen LogP contribution is -2.41. The molecule has 0 atom stereocenters. The fourth-order valence-electron chi connectivity index (χ4n) is 1.98. The summed E-state index contributed by atoms with van der Waals surface area (Å²) in [5.41, 5.74) is 7.08. The highest BCUT2D eigenvalue weighted by molar-refractivity contribution is 6.12. The minimum absolute atomic E-state index is 0.0247. The summed E-state index contributed by atoms with van der Waals surface area (Å²) in [6.45, 7) is 2.03. The van der Waals surface area contributed by atoms with Crippen molar-refractivity contribution < 1.29 is 4.79 Å². The van der Waals surface area contributed by atoms with Crippen molar-refractivity contribution in [2.45, 2.75) is 12.8 Å². The Morgan fingerprint density at radius 2 is 1.88 bits per heavy atom. The summed E-state index contributed by atoms with van der Waals surface area (Å²) in [4.78, 5) is 14.0. The molecule has 0 spiro atoms. The van der Waals surface area contributed by atoms with Crippen LogP contribution in [-0.4, -0.2) is 29.7 Å². The molecule has 3 rings (SSSR count). The van der Waals surface area contributed by atoms with Gasteiger partial charge in [-0.05, 0) is 30.7 Å². The average molecular weight is 230 g/mol. The van der Waals surface area contributed by atoms with Crippen molar-refractivity contribution in [3.05, 3.63) is 24.3 Å². The predicted octanol–water partition coefficient (Wildman–Crippen LogP) is 1.02. The number of carbonyl (C=O) groups excluding carboxylic acids is 1. The Morgan fingerprint density at radius 3 is 2.47 bits per heavy atom. The first-order chi connectivity index (χ1) is 8.24. The first-order valence-electron chi connectivity index (χ1n) is 5.75. The van der Waals surface area contributed by atoms with Crippen LogP contribution in [0.3, 0.4) is 0 Å². The van der Waals surface area contributed by atoms with Gasteiger partial charge in [0.1, 0.15) is 5.84 Å². The monoisotopic (exact) mass is 230 g/mol. The molecule has 1 aromatic rings. The fraction of sp³-hybridized carbons (Fsp3) is 0.333. The molecule has 2 N–H and O–H groups in total. The van der Waals surface area contributed by atoms with Gasteiger partial charge in [-0.1, -0.05) is 0 Å². The van der Waals surface area contributed by atoms with Gasteiger partial charge >= 0.3 is 0 Å². The van der Waals surface area contributed by atoms with Crippen LogP contribution >= 0.6 is 0 Å². The Bertz CT molecular complexity index is 476. The zero-order valence-electron chi connectivity index (χ0n) is 9.47. The molecule has 2 heterocycles. The van der Waals surface area contributed by atoms with Crippen LogP contribution in [0.25, 0.3) is 0 Å². The minimum atomic E-state index is 0.0247. The first-order valence-corrected chi connectivity index (χ1v) is 5.75. The molecule has 2 aliphatic heterocycles. The SMILES string of the molecule is Nc1ccc(N2N=C(N3CCC3)CC2=O)cc1. The van der Waals surface area contributed by atoms with Crippen LogP contribution in [-0.2, 0) is 4.79 Å². The quantitative estimate of drug-likeness (QED) is 0.733. The second-order valence-corrected chi connectivity index (χ2v) is 4.33. The Labute approximate surface area is 99.5 Å². The lowest BCUT2D eigenvalue weighted by atomic mass is 10.2. The molecule has 0 bridgehead atoms. The molecule has 88 valence electrons. The number of nitrogen functional groups attached to an aromatic ring is 1. The number of hydrogen-bond acceptors (Lipinski definition) is 4. The number of anilines is 2. The van der Waals surface area contributed by atoms with Crippen LogP contribution in [0.4, 0.5) is 11.4 Å². The molecular formula is C12H14N4O. The van der Waals surface area contributed by atoms with E-state index >= 15 is 0 Å². The Balaban J connectivity index is 1.85. The minimum Gasteiger partial charge on any atom is -0.399 e. The van der Waals surface area contributed by atoms with Gasteiger partial charge in [0.15, 0.2) is 0 Å². The summed E-state index contributed by atoms with van der Waals surface area (Å²) in [6, 6.07) is 7.19. The number of hydrazone groups is 1. The van der Waals surface area contributed by atoms with E-state index < -0.39 is 0 Å². The van der Waals surface area contributed by atoms with Crippen LogP contribution in [0.15, 0.2) is 29.4 Å². The van der Waals surface area contributed by atoms with Gasteiger partial charge in [-0.15, -0.1) is 0 Å². The van der Waals surface area contributed by atoms with Crippen molar-refractivity contribution >= 4 is 23.1 Å². The number of likely N-dealkylation sites (tertiary alicyclic amines) is 1. The van der Waals surface area contributed by atoms with Crippen molar-refractivity contribution in [2.24, 2.45) is 5.10 Å². The summed E-state index contributed by atoms with van der Waals surface area (Å²) in [5, 5.41) is 5.84. The number of rotatable bonds is 1. The number of carbonyl (C=O) groups is 1. The lowest BCUT2D eigenvalue weighted by molar-refractivity contribution is -0.117. The third-order valence-electron chi connectivity index (χ3n) is 3.12. The van der Waals surface area contributed by atoms with Crippen molar-refractivity contribution in [1.29, 1.82) is 0 Å². The second-order valence-electron chi connectivity index (χ2n) is 4.33. The number of hydrogen-bond donors (Lipinski definition) is 1. The molecular weight excluding hydrogens is 216 g/mol. The van der Waals surface area contributed by atoms with Gasteiger partial charge < -0.3 is 10.6 Å². The largest absolute Gasteiger partial charge is 0.399 e. The maximum atomic E-state index is 11.9. The molecule has 0 aromatic heterocycles. The van der Waals surface area contributed by atoms with Gasteiger partial charge in [-0.2, -0.15) is 10.1 Å². The van der Waals surface area contributed by atoms with Gasteiger partial charge in [0.2, 0.25) is 0 Å². The number of benzene rings is 1. The van der Waals surface area contributed by atoms with Gasteiger partial charge in [-0.25, -0.2) is 0 Å². The molecule has 1 saturated heterocycles. The van der Waals surface area contributed by atoms with E-state index in [9.17, 15) is 4.79 Å². The molecule has 1 fully saturated rings. The molecule has 1 amide bonds. The van der Waals surface area contributed by atoms with Crippen LogP contribution < -0.4 is 10.7 Å². The van der Waals surface area contributed by atoms with Crippen LogP contribution in [0, 0.1) is 0 Å². The normalized spacial score (nSPS) is 19.3. The van der Waals surface area contributed by atoms with Gasteiger partial charge in [0, 0.05) is 18.8 Å². The Kier molecular flexibility index (Phi) is 2.24. The van der Waals surface area contributed by atoms with E-state index in [4.69, 9.17) is 5.73 Å². The maximum Gasteiger partial charge on any atom is 0.255 e. The van der Waals surface area contributed by atoms with E-state index in [0.717, 1.165) is 24.6 Å². The zero-order valence-corrected chi connectivity index (χ0v) is 9.47. The number of nitrogens with zero attached hydrogens (tertiary/aromatic N) is 3. The van der Waals surface area contributed by atoms with Crippen molar-refractivity contribution in [3.8, 4) is 0 Å². The molecule has 17 heavy (non-hydrogen) atoms. The summed E-state index contributed by atoms with van der Waals surface area (Å²) in [7, 11) is 0. The van der Waals surface area contributed by atoms with E-state index in [1.807, 2.05) is 12.1 Å². The standard InChI is InChI=1S/C12H14N4O/c13-9-2-4-10(5-3-9)16-12(17)8-11(14-16)15-6-1-7-15/h2-5H,1,6-8,13H2. The smallest absolute Gasteiger partial charge is 0.255 e. The molecule has 5 heteroatoms. The first kappa shape index (κ1) is 10.1. The average Bonchev–Trinajstić information content (AvgIpc) is 2.59. The molecule has 1 aromatic carbocycles. The third kappa shape index (κ3) is 1.73. The molecule has 0 unspecified atom stereocenters. The van der Waals surface area contributed by atoms with Crippen LogP contribution in [0.1, 0.15) is 12.8 Å². The van der Waals surface area contributed by atoms with E-state index in [1.54, 1.807) is 12.1 Å². The summed E-state index contributed by atoms with van der Waals surface area (Å²) >= 11 is 0. The van der Waals surface area contributed by atoms with E-state index in [-0.39, 0.29) is 5.91 Å². The molecule has 0 aliphatic carbocycles. The van der Waals surface area contributed by atoms with Crippen molar-refractivity contribution in [3.63, 3.8) is 0 Å². The van der Waals surface area contributed by atoms with Crippen molar-refractivity contribution in [1.82, 2.24) is 4.90 Å². The topological polar surface area (TPSA) is 61.9 Å². The highest BCUT2D eigenvalue weighted by Crippen LogP contribution is 2.23. The van der Waals surface area contributed by atoms with Gasteiger partial charge in [0.25, 0.3) is 5.91 Å². The highest BCUT2D eigenvalue weighted by atomic mass is 16.2. The lowest BCUT2D eigenvalue weighted by Gasteiger charge is -2.31. The summed E-state index contributed by atoms with van der Waals surface area (Å²) in [6.07, 6.45) is 1.60. The van der Waals surface area contributed by atoms with Gasteiger partial charge in [0.05, 0.1) is 12.1 Å². The van der Waals surface area contributed by atoms with E-state index in [0.29, 0.717) is 12.1 Å². The maximum absolute atomic E-state index is 11.9. The van der Waals surface area contributed by atoms with Crippen LogP contribution in [0.5, 0.6) is 0 Å². The van der Waals surface area contributed by atoms with Crippen LogP contribution in [0.2, 0.25) is 0 Å².